The van der Waals surface area contributed by atoms with Crippen LogP contribution in [0.1, 0.15) is 41.6 Å². The van der Waals surface area contributed by atoms with Gasteiger partial charge in [0, 0.05) is 24.4 Å². The third-order valence-electron chi connectivity index (χ3n) is 6.16. The smallest absolute Gasteiger partial charge is 0.326 e. The van der Waals surface area contributed by atoms with Gasteiger partial charge in [-0.25, -0.2) is 9.78 Å². The lowest BCUT2D eigenvalue weighted by Crippen LogP contribution is -2.27. The molecule has 0 aromatic carbocycles. The highest BCUT2D eigenvalue weighted by atomic mass is 32.1. The Hall–Kier alpha value is -3.73. The van der Waals surface area contributed by atoms with Crippen molar-refractivity contribution in [3.63, 3.8) is 0 Å². The van der Waals surface area contributed by atoms with Crippen LogP contribution < -0.4 is 16.4 Å². The van der Waals surface area contributed by atoms with Crippen molar-refractivity contribution in [2.75, 3.05) is 13.1 Å². The van der Waals surface area contributed by atoms with E-state index in [0.717, 1.165) is 37.2 Å². The molecule has 174 valence electrons. The predicted molar refractivity (Wildman–Crippen MR) is 126 cm³/mol. The molecule has 1 aliphatic carbocycles. The number of imidazole rings is 1. The number of carbonyl (C=O) groups excluding carboxylic acids is 1. The number of rotatable bonds is 4. The van der Waals surface area contributed by atoms with Crippen LogP contribution in [0.25, 0.3) is 22.3 Å². The maximum absolute atomic E-state index is 12.9. The highest BCUT2D eigenvalue weighted by Gasteiger charge is 2.25. The molecule has 0 bridgehead atoms. The van der Waals surface area contributed by atoms with Gasteiger partial charge in [-0.15, -0.1) is 11.3 Å². The second-order valence-electron chi connectivity index (χ2n) is 8.99. The molecule has 3 N–H and O–H groups in total. The molecule has 1 atom stereocenters. The van der Waals surface area contributed by atoms with Crippen molar-refractivity contribution >= 4 is 29.0 Å². The summed E-state index contributed by atoms with van der Waals surface area (Å²) in [5.74, 6) is 0.348. The molecule has 0 radical (unpaired) electrons. The van der Waals surface area contributed by atoms with Crippen molar-refractivity contribution in [1.82, 2.24) is 29.5 Å². The van der Waals surface area contributed by atoms with E-state index in [1.54, 1.807) is 16.8 Å². The fourth-order valence-corrected chi connectivity index (χ4v) is 5.12. The summed E-state index contributed by atoms with van der Waals surface area (Å²) in [7, 11) is 0. The van der Waals surface area contributed by atoms with E-state index >= 15 is 0 Å². The molecule has 4 aromatic heterocycles. The van der Waals surface area contributed by atoms with Crippen molar-refractivity contribution in [2.24, 2.45) is 10.9 Å². The van der Waals surface area contributed by atoms with Crippen LogP contribution >= 0.6 is 11.3 Å². The zero-order valence-corrected chi connectivity index (χ0v) is 19.3. The Balaban J connectivity index is 1.46. The number of aromatic amines is 2. The Morgan fingerprint density at radius 1 is 1.29 bits per heavy atom. The molecule has 1 saturated carbocycles. The van der Waals surface area contributed by atoms with Crippen LogP contribution in [0.3, 0.4) is 0 Å². The van der Waals surface area contributed by atoms with Crippen LogP contribution in [0, 0.1) is 5.92 Å². The third-order valence-corrected chi connectivity index (χ3v) is 7.25. The van der Waals surface area contributed by atoms with E-state index in [2.05, 4.69) is 22.0 Å². The summed E-state index contributed by atoms with van der Waals surface area (Å²) in [6.07, 6.45) is 6.37. The number of hydrogen-bond acceptors (Lipinski definition) is 7. The van der Waals surface area contributed by atoms with Gasteiger partial charge in [0.25, 0.3) is 5.91 Å². The van der Waals surface area contributed by atoms with Gasteiger partial charge in [-0.3, -0.25) is 14.8 Å². The summed E-state index contributed by atoms with van der Waals surface area (Å²) in [6.45, 7) is 3.76. The number of fused-ring (bicyclic) bond motifs is 1. The largest absolute Gasteiger partial charge is 0.493 e. The summed E-state index contributed by atoms with van der Waals surface area (Å²) in [5, 5.41) is 15.0. The Morgan fingerprint density at radius 2 is 2.15 bits per heavy atom. The van der Waals surface area contributed by atoms with Gasteiger partial charge in [-0.05, 0) is 43.4 Å². The lowest BCUT2D eigenvalue weighted by Gasteiger charge is -2.14. The van der Waals surface area contributed by atoms with E-state index < -0.39 is 5.69 Å². The number of carbonyl (C=O) groups is 1. The average Bonchev–Trinajstić information content (AvgIpc) is 3.18. The molecule has 34 heavy (non-hydrogen) atoms. The van der Waals surface area contributed by atoms with Crippen LogP contribution in [0.4, 0.5) is 0 Å². The second kappa shape index (κ2) is 7.94. The SMILES string of the molecule is CC1CCN(C(=O)c2ccc(-c3cc(=NC4CC4)n4nc/c(=C/c5[nH]c(=O)[nH]c5O)c4n3)s2)C1. The van der Waals surface area contributed by atoms with Gasteiger partial charge < -0.3 is 15.0 Å². The highest BCUT2D eigenvalue weighted by molar-refractivity contribution is 7.17. The minimum absolute atomic E-state index is 0.0647. The van der Waals surface area contributed by atoms with Gasteiger partial charge in [0.15, 0.2) is 11.1 Å². The number of aromatic nitrogens is 5. The molecule has 5 heterocycles. The first-order valence-electron chi connectivity index (χ1n) is 11.3. The van der Waals surface area contributed by atoms with Gasteiger partial charge in [0.1, 0.15) is 5.69 Å². The number of thiophene rings is 1. The molecule has 2 aliphatic rings. The molecule has 2 fully saturated rings. The van der Waals surface area contributed by atoms with Crippen LogP contribution in [-0.2, 0) is 0 Å². The predicted octanol–water partition coefficient (Wildman–Crippen LogP) is 1.27. The van der Waals surface area contributed by atoms with E-state index in [0.29, 0.717) is 32.8 Å². The van der Waals surface area contributed by atoms with Gasteiger partial charge in [-0.1, -0.05) is 6.92 Å². The maximum atomic E-state index is 12.9. The molecule has 6 rings (SSSR count). The summed E-state index contributed by atoms with van der Waals surface area (Å²) in [6, 6.07) is 5.96. The summed E-state index contributed by atoms with van der Waals surface area (Å²) in [5.41, 5.74) is 1.68. The quantitative estimate of drug-likeness (QED) is 0.407. The van der Waals surface area contributed by atoms with Crippen LogP contribution in [0.15, 0.2) is 34.2 Å². The van der Waals surface area contributed by atoms with Crippen LogP contribution in [-0.4, -0.2) is 59.6 Å². The first-order valence-corrected chi connectivity index (χ1v) is 12.1. The van der Waals surface area contributed by atoms with Crippen molar-refractivity contribution in [3.05, 3.63) is 56.2 Å². The minimum Gasteiger partial charge on any atom is -0.493 e. The van der Waals surface area contributed by atoms with Crippen molar-refractivity contribution in [1.29, 1.82) is 0 Å². The molecule has 0 spiro atoms. The van der Waals surface area contributed by atoms with Crippen LogP contribution in [0.2, 0.25) is 0 Å². The van der Waals surface area contributed by atoms with E-state index in [1.807, 2.05) is 23.1 Å². The van der Waals surface area contributed by atoms with E-state index in [4.69, 9.17) is 9.98 Å². The average molecular weight is 478 g/mol. The lowest BCUT2D eigenvalue weighted by atomic mass is 10.2. The molecule has 4 aromatic rings. The zero-order valence-electron chi connectivity index (χ0n) is 18.5. The van der Waals surface area contributed by atoms with Crippen molar-refractivity contribution < 1.29 is 9.90 Å². The summed E-state index contributed by atoms with van der Waals surface area (Å²) in [4.78, 5) is 42.4. The van der Waals surface area contributed by atoms with Gasteiger partial charge in [0.2, 0.25) is 5.88 Å². The Kier molecular flexibility index (Phi) is 4.87. The molecule has 11 heteroatoms. The maximum Gasteiger partial charge on any atom is 0.326 e. The summed E-state index contributed by atoms with van der Waals surface area (Å²) >= 11 is 1.42. The van der Waals surface area contributed by atoms with Gasteiger partial charge in [-0.2, -0.15) is 9.61 Å². The summed E-state index contributed by atoms with van der Waals surface area (Å²) < 4.78 is 1.67. The number of aromatic hydroxyl groups is 1. The normalized spacial score (nSPS) is 19.6. The molecule has 1 aliphatic heterocycles. The second-order valence-corrected chi connectivity index (χ2v) is 10.1. The standard InChI is InChI=1S/C23H23N7O3S/c1-12-6-7-29(11-12)22(32)18-5-4-17(34-18)15-9-19(25-14-2-3-14)30-20(26-15)13(10-24-30)8-16-21(31)28-23(33)27-16/h4-5,8-10,12,14,31H,2-3,6-7,11H2,1H3,(H2,27,28,33)/b13-8-,25-19?. The van der Waals surface area contributed by atoms with Crippen molar-refractivity contribution in [2.45, 2.75) is 32.2 Å². The number of H-pyrrole nitrogens is 2. The number of nitrogens with one attached hydrogen (secondary N) is 2. The van der Waals surface area contributed by atoms with Crippen LogP contribution in [0.5, 0.6) is 5.88 Å². The van der Waals surface area contributed by atoms with E-state index in [-0.39, 0.29) is 23.5 Å². The Morgan fingerprint density at radius 3 is 2.85 bits per heavy atom. The number of amides is 1. The lowest BCUT2D eigenvalue weighted by molar-refractivity contribution is 0.0793. The highest BCUT2D eigenvalue weighted by Crippen LogP contribution is 2.29. The van der Waals surface area contributed by atoms with Gasteiger partial charge in [0.05, 0.1) is 27.7 Å². The fourth-order valence-electron chi connectivity index (χ4n) is 4.19. The molecule has 1 saturated heterocycles. The Labute approximate surface area is 197 Å². The van der Waals surface area contributed by atoms with Gasteiger partial charge >= 0.3 is 5.69 Å². The zero-order chi connectivity index (χ0) is 23.4. The molecule has 1 amide bonds. The topological polar surface area (TPSA) is 132 Å². The first-order chi connectivity index (χ1) is 16.4. The number of nitrogens with zero attached hydrogens (tertiary/aromatic N) is 5. The molecule has 10 nitrogen and oxygen atoms in total. The minimum atomic E-state index is -0.499. The molecular formula is C23H23N7O3S. The Bertz CT molecular complexity index is 1590. The third kappa shape index (κ3) is 3.81. The first kappa shape index (κ1) is 20.8. The molecular weight excluding hydrogens is 454 g/mol. The fraction of sp³-hybridized carbons (Fsp3) is 0.348. The molecule has 1 unspecified atom stereocenters. The number of hydrogen-bond donors (Lipinski definition) is 3. The van der Waals surface area contributed by atoms with E-state index in [9.17, 15) is 14.7 Å². The van der Waals surface area contributed by atoms with Crippen molar-refractivity contribution in [3.8, 4) is 16.5 Å². The van der Waals surface area contributed by atoms with E-state index in [1.165, 1.54) is 11.3 Å². The monoisotopic (exact) mass is 477 g/mol. The number of likely N-dealkylation sites (tertiary alicyclic amines) is 1.